The molecule has 10 heavy (non-hydrogen) atoms. The van der Waals surface area contributed by atoms with Gasteiger partial charge in [-0.3, -0.25) is 0 Å². The number of piperidine rings is 1. The van der Waals surface area contributed by atoms with Crippen LogP contribution < -0.4 is 5.32 Å². The molecule has 58 valence electrons. The van der Waals surface area contributed by atoms with Gasteiger partial charge in [0.25, 0.3) is 0 Å². The summed E-state index contributed by atoms with van der Waals surface area (Å²) in [6.45, 7) is 1.94. The summed E-state index contributed by atoms with van der Waals surface area (Å²) in [6, 6.07) is 0. The number of hydrogen-bond donors (Lipinski definition) is 2. The monoisotopic (exact) mass is 162 g/mol. The second-order valence-electron chi connectivity index (χ2n) is 2.45. The van der Waals surface area contributed by atoms with Crippen molar-refractivity contribution in [1.82, 2.24) is 5.32 Å². The molecule has 0 aromatic carbocycles. The van der Waals surface area contributed by atoms with Gasteiger partial charge < -0.3 is 10.5 Å². The van der Waals surface area contributed by atoms with E-state index in [1.54, 1.807) is 0 Å². The lowest BCUT2D eigenvalue weighted by atomic mass is 10.00. The highest BCUT2D eigenvalue weighted by molar-refractivity contribution is 6.65. The van der Waals surface area contributed by atoms with Gasteiger partial charge in [-0.25, -0.2) is 0 Å². The van der Waals surface area contributed by atoms with Crippen LogP contribution in [-0.4, -0.2) is 23.5 Å². The van der Waals surface area contributed by atoms with Crippen LogP contribution in [0.1, 0.15) is 12.8 Å². The molecule has 2 N–H and O–H groups in total. The quantitative estimate of drug-likeness (QED) is 0.344. The van der Waals surface area contributed by atoms with Gasteiger partial charge in [0.2, 0.25) is 0 Å². The highest BCUT2D eigenvalue weighted by Gasteiger charge is 2.17. The van der Waals surface area contributed by atoms with Gasteiger partial charge in [0, 0.05) is 5.92 Å². The fraction of sp³-hybridized carbons (Fsp3) is 0.833. The summed E-state index contributed by atoms with van der Waals surface area (Å²) in [4.78, 5) is 0. The van der Waals surface area contributed by atoms with E-state index in [4.69, 9.17) is 16.8 Å². The minimum absolute atomic E-state index is 0.271. The number of halogens is 1. The van der Waals surface area contributed by atoms with Gasteiger partial charge in [0.15, 0.2) is 0 Å². The Kier molecular flexibility index (Phi) is 2.96. The highest BCUT2D eigenvalue weighted by Crippen LogP contribution is 2.15. The van der Waals surface area contributed by atoms with E-state index < -0.39 is 0 Å². The smallest absolute Gasteiger partial charge is 0.148 e. The Hall–Kier alpha value is -0.280. The van der Waals surface area contributed by atoms with Crippen molar-refractivity contribution in [3.05, 3.63) is 0 Å². The molecule has 0 radical (unpaired) electrons. The zero-order valence-corrected chi connectivity index (χ0v) is 6.43. The van der Waals surface area contributed by atoms with Crippen molar-refractivity contribution in [1.29, 1.82) is 0 Å². The maximum Gasteiger partial charge on any atom is 0.148 e. The number of nitrogens with one attached hydrogen (secondary N) is 1. The predicted molar refractivity (Wildman–Crippen MR) is 40.7 cm³/mol. The predicted octanol–water partition coefficient (Wildman–Crippen LogP) is 1.01. The first-order valence-corrected chi connectivity index (χ1v) is 3.80. The first-order chi connectivity index (χ1) is 4.84. The van der Waals surface area contributed by atoms with E-state index in [-0.39, 0.29) is 5.92 Å². The summed E-state index contributed by atoms with van der Waals surface area (Å²) in [5.74, 6) is 0.271. The number of hydrogen-bond acceptors (Lipinski definition) is 3. The first-order valence-electron chi connectivity index (χ1n) is 3.42. The highest BCUT2D eigenvalue weighted by atomic mass is 35.5. The average molecular weight is 163 g/mol. The molecule has 0 aromatic rings. The van der Waals surface area contributed by atoms with Gasteiger partial charge in [-0.2, -0.15) is 0 Å². The maximum atomic E-state index is 8.32. The van der Waals surface area contributed by atoms with Crippen molar-refractivity contribution in [2.75, 3.05) is 13.1 Å². The molecule has 1 aliphatic heterocycles. The van der Waals surface area contributed by atoms with E-state index in [1.165, 1.54) is 0 Å². The molecule has 4 heteroatoms. The fourth-order valence-electron chi connectivity index (χ4n) is 1.14. The fourth-order valence-corrected chi connectivity index (χ4v) is 1.36. The Labute approximate surface area is 65.1 Å². The van der Waals surface area contributed by atoms with Crippen molar-refractivity contribution >= 4 is 16.8 Å². The van der Waals surface area contributed by atoms with Crippen molar-refractivity contribution in [2.45, 2.75) is 12.8 Å². The molecule has 0 aromatic heterocycles. The standard InChI is InChI=1S/C6H11ClN2O/c7-6(9-10)5-1-3-8-4-2-5/h5,8,10H,1-4H2/b9-6-. The molecule has 0 amide bonds. The van der Waals surface area contributed by atoms with Crippen molar-refractivity contribution in [2.24, 2.45) is 11.1 Å². The zero-order chi connectivity index (χ0) is 7.40. The molecule has 0 saturated carbocycles. The summed E-state index contributed by atoms with van der Waals surface area (Å²) in [6.07, 6.45) is 1.95. The topological polar surface area (TPSA) is 44.6 Å². The minimum atomic E-state index is 0.271. The largest absolute Gasteiger partial charge is 0.410 e. The van der Waals surface area contributed by atoms with Crippen LogP contribution in [0.25, 0.3) is 0 Å². The third kappa shape index (κ3) is 1.85. The normalized spacial score (nSPS) is 23.1. The van der Waals surface area contributed by atoms with Crippen LogP contribution in [0.15, 0.2) is 5.16 Å². The molecular weight excluding hydrogens is 152 g/mol. The van der Waals surface area contributed by atoms with Crippen molar-refractivity contribution < 1.29 is 5.21 Å². The number of oxime groups is 1. The van der Waals surface area contributed by atoms with E-state index in [0.29, 0.717) is 5.17 Å². The molecule has 1 aliphatic rings. The third-order valence-corrected chi connectivity index (χ3v) is 2.16. The van der Waals surface area contributed by atoms with Crippen LogP contribution in [-0.2, 0) is 0 Å². The van der Waals surface area contributed by atoms with Crippen LogP contribution in [0.2, 0.25) is 0 Å². The molecule has 1 heterocycles. The van der Waals surface area contributed by atoms with Gasteiger partial charge in [0.1, 0.15) is 5.17 Å². The summed E-state index contributed by atoms with van der Waals surface area (Å²) < 4.78 is 0. The van der Waals surface area contributed by atoms with Gasteiger partial charge >= 0.3 is 0 Å². The lowest BCUT2D eigenvalue weighted by Gasteiger charge is -2.19. The Morgan fingerprint density at radius 2 is 2.10 bits per heavy atom. The zero-order valence-electron chi connectivity index (χ0n) is 5.68. The van der Waals surface area contributed by atoms with E-state index >= 15 is 0 Å². The van der Waals surface area contributed by atoms with Gasteiger partial charge in [-0.1, -0.05) is 16.8 Å². The molecular formula is C6H11ClN2O. The summed E-state index contributed by atoms with van der Waals surface area (Å²) >= 11 is 5.62. The second kappa shape index (κ2) is 3.78. The van der Waals surface area contributed by atoms with E-state index in [0.717, 1.165) is 25.9 Å². The Morgan fingerprint density at radius 1 is 1.50 bits per heavy atom. The van der Waals surface area contributed by atoms with Crippen LogP contribution in [0.5, 0.6) is 0 Å². The molecule has 0 unspecified atom stereocenters. The maximum absolute atomic E-state index is 8.32. The molecule has 1 fully saturated rings. The van der Waals surface area contributed by atoms with Crippen LogP contribution in [0.4, 0.5) is 0 Å². The molecule has 0 atom stereocenters. The second-order valence-corrected chi connectivity index (χ2v) is 2.83. The Bertz CT molecular complexity index is 132. The average Bonchev–Trinajstić information content (AvgIpc) is 2.05. The molecule has 3 nitrogen and oxygen atoms in total. The summed E-state index contributed by atoms with van der Waals surface area (Å²) in [5, 5.41) is 14.8. The third-order valence-electron chi connectivity index (χ3n) is 1.77. The van der Waals surface area contributed by atoms with Crippen molar-refractivity contribution in [3.8, 4) is 0 Å². The SMILES string of the molecule is O/N=C(\Cl)C1CCNCC1. The molecule has 0 spiro atoms. The lowest BCUT2D eigenvalue weighted by Crippen LogP contribution is -2.30. The molecule has 1 saturated heterocycles. The van der Waals surface area contributed by atoms with E-state index in [2.05, 4.69) is 10.5 Å². The minimum Gasteiger partial charge on any atom is -0.410 e. The van der Waals surface area contributed by atoms with Crippen molar-refractivity contribution in [3.63, 3.8) is 0 Å². The molecule has 0 bridgehead atoms. The van der Waals surface area contributed by atoms with Gasteiger partial charge in [-0.05, 0) is 25.9 Å². The Balaban J connectivity index is 2.39. The van der Waals surface area contributed by atoms with E-state index in [9.17, 15) is 0 Å². The van der Waals surface area contributed by atoms with Gasteiger partial charge in [-0.15, -0.1) is 0 Å². The van der Waals surface area contributed by atoms with Gasteiger partial charge in [0.05, 0.1) is 0 Å². The number of nitrogens with zero attached hydrogens (tertiary/aromatic N) is 1. The summed E-state index contributed by atoms with van der Waals surface area (Å²) in [5.41, 5.74) is 0. The first kappa shape index (κ1) is 7.82. The molecule has 0 aliphatic carbocycles. The lowest BCUT2D eigenvalue weighted by molar-refractivity contribution is 0.313. The van der Waals surface area contributed by atoms with E-state index in [1.807, 2.05) is 0 Å². The summed E-state index contributed by atoms with van der Waals surface area (Å²) in [7, 11) is 0. The van der Waals surface area contributed by atoms with Crippen LogP contribution in [0, 0.1) is 5.92 Å². The number of rotatable bonds is 1. The van der Waals surface area contributed by atoms with Crippen LogP contribution >= 0.6 is 11.6 Å². The molecule has 1 rings (SSSR count). The Morgan fingerprint density at radius 3 is 2.60 bits per heavy atom. The van der Waals surface area contributed by atoms with Crippen LogP contribution in [0.3, 0.4) is 0 Å².